The number of nitrogens with one attached hydrogen (secondary N) is 1. The summed E-state index contributed by atoms with van der Waals surface area (Å²) < 4.78 is 29.2. The van der Waals surface area contributed by atoms with Crippen LogP contribution in [0.2, 0.25) is 0 Å². The van der Waals surface area contributed by atoms with Crippen LogP contribution in [0.15, 0.2) is 47.1 Å². The SMILES string of the molecule is Nc1ncc([C@H]2CC[C@H](O)[C@@H](O)C2)nc1-c1ccc(C(=O)N[C@H](CO)c2cc(F)cc(Br)c2)c(F)c1. The van der Waals surface area contributed by atoms with Crippen molar-refractivity contribution < 1.29 is 28.9 Å². The third kappa shape index (κ3) is 5.70. The highest BCUT2D eigenvalue weighted by Gasteiger charge is 2.30. The lowest BCUT2D eigenvalue weighted by atomic mass is 9.83. The highest BCUT2D eigenvalue weighted by Crippen LogP contribution is 2.34. The summed E-state index contributed by atoms with van der Waals surface area (Å²) in [7, 11) is 0. The molecule has 36 heavy (non-hydrogen) atoms. The van der Waals surface area contributed by atoms with E-state index >= 15 is 4.39 Å². The fourth-order valence-corrected chi connectivity index (χ4v) is 4.80. The first-order chi connectivity index (χ1) is 17.2. The van der Waals surface area contributed by atoms with Gasteiger partial charge in [0.2, 0.25) is 0 Å². The fraction of sp³-hybridized carbons (Fsp3) is 0.320. The lowest BCUT2D eigenvalue weighted by Crippen LogP contribution is -2.33. The molecule has 4 rings (SSSR count). The Morgan fingerprint density at radius 1 is 1.17 bits per heavy atom. The highest BCUT2D eigenvalue weighted by molar-refractivity contribution is 9.10. The molecule has 11 heteroatoms. The molecule has 3 aromatic rings. The van der Waals surface area contributed by atoms with Crippen LogP contribution in [0.1, 0.15) is 52.8 Å². The van der Waals surface area contributed by atoms with Crippen molar-refractivity contribution in [2.75, 3.05) is 12.3 Å². The molecular formula is C25H25BrF2N4O4. The Hall–Kier alpha value is -2.99. The Kier molecular flexibility index (Phi) is 7.94. The zero-order chi connectivity index (χ0) is 26.0. The number of nitrogens with zero attached hydrogens (tertiary/aromatic N) is 2. The highest BCUT2D eigenvalue weighted by atomic mass is 79.9. The Bertz CT molecular complexity index is 1260. The Balaban J connectivity index is 1.56. The van der Waals surface area contributed by atoms with E-state index in [4.69, 9.17) is 5.73 Å². The minimum atomic E-state index is -0.953. The molecule has 1 aromatic heterocycles. The zero-order valence-corrected chi connectivity index (χ0v) is 20.6. The Morgan fingerprint density at radius 3 is 2.61 bits per heavy atom. The van der Waals surface area contributed by atoms with Gasteiger partial charge >= 0.3 is 0 Å². The number of anilines is 1. The number of nitrogens with two attached hydrogens (primary N) is 1. The van der Waals surface area contributed by atoms with E-state index in [2.05, 4.69) is 31.2 Å². The molecule has 0 spiro atoms. The summed E-state index contributed by atoms with van der Waals surface area (Å²) in [5.74, 6) is -2.25. The van der Waals surface area contributed by atoms with Gasteiger partial charge in [0.05, 0.1) is 42.3 Å². The van der Waals surface area contributed by atoms with Crippen LogP contribution in [0.25, 0.3) is 11.3 Å². The zero-order valence-electron chi connectivity index (χ0n) is 19.0. The van der Waals surface area contributed by atoms with Crippen molar-refractivity contribution in [2.24, 2.45) is 0 Å². The van der Waals surface area contributed by atoms with Gasteiger partial charge in [-0.25, -0.2) is 18.7 Å². The molecule has 0 unspecified atom stereocenters. The van der Waals surface area contributed by atoms with Crippen molar-refractivity contribution in [3.05, 3.63) is 75.5 Å². The molecule has 0 aliphatic heterocycles. The molecule has 6 N–H and O–H groups in total. The van der Waals surface area contributed by atoms with Gasteiger partial charge in [-0.3, -0.25) is 4.79 Å². The first-order valence-electron chi connectivity index (χ1n) is 11.3. The predicted molar refractivity (Wildman–Crippen MR) is 132 cm³/mol. The second-order valence-electron chi connectivity index (χ2n) is 8.78. The summed E-state index contributed by atoms with van der Waals surface area (Å²) in [6.07, 6.45) is 1.22. The van der Waals surface area contributed by atoms with Gasteiger partial charge in [-0.15, -0.1) is 0 Å². The number of carbonyl (C=O) groups excluding carboxylic acids is 1. The quantitative estimate of drug-likeness (QED) is 0.310. The number of hydrogen-bond acceptors (Lipinski definition) is 7. The van der Waals surface area contributed by atoms with E-state index in [1.54, 1.807) is 6.07 Å². The molecule has 1 amide bonds. The van der Waals surface area contributed by atoms with Crippen molar-refractivity contribution in [2.45, 2.75) is 43.4 Å². The molecule has 2 aromatic carbocycles. The minimum Gasteiger partial charge on any atom is -0.394 e. The maximum atomic E-state index is 15.0. The number of nitrogen functional groups attached to an aromatic ring is 1. The van der Waals surface area contributed by atoms with Gasteiger partial charge in [0.25, 0.3) is 5.91 Å². The van der Waals surface area contributed by atoms with Gasteiger partial charge in [0.1, 0.15) is 23.1 Å². The second-order valence-corrected chi connectivity index (χ2v) is 9.70. The molecule has 1 saturated carbocycles. The normalized spacial score (nSPS) is 20.7. The smallest absolute Gasteiger partial charge is 0.254 e. The first kappa shape index (κ1) is 26.1. The third-order valence-electron chi connectivity index (χ3n) is 6.28. The van der Waals surface area contributed by atoms with E-state index in [1.807, 2.05) is 0 Å². The van der Waals surface area contributed by atoms with Gasteiger partial charge in [0, 0.05) is 16.0 Å². The summed E-state index contributed by atoms with van der Waals surface area (Å²) in [5.41, 5.74) is 7.14. The minimum absolute atomic E-state index is 0.0729. The standard InChI is InChI=1S/C25H25BrF2N4O4/c26-15-5-14(6-16(27)9-15)20(11-33)32-25(36)17-3-1-13(7-18(17)28)23-24(29)30-10-19(31-23)12-2-4-21(34)22(35)8-12/h1,3,5-7,9-10,12,20-22,33-35H,2,4,8,11H2,(H2,29,30)(H,32,36)/t12-,20+,21-,22-/m0/s1. The third-order valence-corrected chi connectivity index (χ3v) is 6.74. The van der Waals surface area contributed by atoms with Crippen molar-refractivity contribution in [1.82, 2.24) is 15.3 Å². The second kappa shape index (κ2) is 11.0. The van der Waals surface area contributed by atoms with Crippen molar-refractivity contribution >= 4 is 27.7 Å². The Labute approximate surface area is 214 Å². The predicted octanol–water partition coefficient (Wildman–Crippen LogP) is 3.22. The molecule has 4 atom stereocenters. The van der Waals surface area contributed by atoms with Crippen molar-refractivity contribution in [3.63, 3.8) is 0 Å². The number of hydrogen-bond donors (Lipinski definition) is 5. The van der Waals surface area contributed by atoms with E-state index in [1.165, 1.54) is 30.5 Å². The average molecular weight is 563 g/mol. The summed E-state index contributed by atoms with van der Waals surface area (Å²) in [6, 6.07) is 6.87. The maximum absolute atomic E-state index is 15.0. The van der Waals surface area contributed by atoms with Crippen LogP contribution in [0.5, 0.6) is 0 Å². The number of rotatable bonds is 6. The lowest BCUT2D eigenvalue weighted by molar-refractivity contribution is -0.0153. The van der Waals surface area contributed by atoms with E-state index in [0.29, 0.717) is 40.6 Å². The van der Waals surface area contributed by atoms with Crippen LogP contribution in [0.4, 0.5) is 14.6 Å². The number of amides is 1. The van der Waals surface area contributed by atoms with E-state index < -0.39 is 42.4 Å². The summed E-state index contributed by atoms with van der Waals surface area (Å²) >= 11 is 3.17. The van der Waals surface area contributed by atoms with Crippen LogP contribution in [0, 0.1) is 11.6 Å². The molecule has 0 saturated heterocycles. The number of aliphatic hydroxyl groups is 3. The molecule has 190 valence electrons. The maximum Gasteiger partial charge on any atom is 0.254 e. The van der Waals surface area contributed by atoms with Gasteiger partial charge < -0.3 is 26.4 Å². The van der Waals surface area contributed by atoms with E-state index in [0.717, 1.165) is 6.07 Å². The van der Waals surface area contributed by atoms with E-state index in [9.17, 15) is 24.5 Å². The number of halogens is 3. The summed E-state index contributed by atoms with van der Waals surface area (Å²) in [4.78, 5) is 21.5. The van der Waals surface area contributed by atoms with Gasteiger partial charge in [-0.05, 0) is 55.2 Å². The van der Waals surface area contributed by atoms with Crippen LogP contribution in [-0.4, -0.2) is 50.0 Å². The van der Waals surface area contributed by atoms with Gasteiger partial charge in [-0.2, -0.15) is 0 Å². The van der Waals surface area contributed by atoms with E-state index in [-0.39, 0.29) is 23.0 Å². The molecule has 1 heterocycles. The number of aromatic nitrogens is 2. The number of benzene rings is 2. The number of aliphatic hydroxyl groups excluding tert-OH is 3. The first-order valence-corrected chi connectivity index (χ1v) is 12.1. The number of carbonyl (C=O) groups is 1. The largest absolute Gasteiger partial charge is 0.394 e. The van der Waals surface area contributed by atoms with Crippen LogP contribution >= 0.6 is 15.9 Å². The van der Waals surface area contributed by atoms with Crippen LogP contribution in [-0.2, 0) is 0 Å². The lowest BCUT2D eigenvalue weighted by Gasteiger charge is -2.29. The fourth-order valence-electron chi connectivity index (χ4n) is 4.31. The topological polar surface area (TPSA) is 142 Å². The van der Waals surface area contributed by atoms with Crippen LogP contribution < -0.4 is 11.1 Å². The molecule has 8 nitrogen and oxygen atoms in total. The summed E-state index contributed by atoms with van der Waals surface area (Å²) in [6.45, 7) is -0.521. The van der Waals surface area contributed by atoms with Crippen molar-refractivity contribution in [3.8, 4) is 11.3 Å². The molecule has 0 radical (unpaired) electrons. The van der Waals surface area contributed by atoms with Gasteiger partial charge in [-0.1, -0.05) is 22.0 Å². The summed E-state index contributed by atoms with van der Waals surface area (Å²) in [5, 5.41) is 32.0. The molecule has 1 fully saturated rings. The molecule has 0 bridgehead atoms. The monoisotopic (exact) mass is 562 g/mol. The molecule has 1 aliphatic carbocycles. The average Bonchev–Trinajstić information content (AvgIpc) is 2.83. The molecular weight excluding hydrogens is 538 g/mol. The van der Waals surface area contributed by atoms with Gasteiger partial charge in [0.15, 0.2) is 0 Å². The Morgan fingerprint density at radius 2 is 1.94 bits per heavy atom. The van der Waals surface area contributed by atoms with Crippen molar-refractivity contribution in [1.29, 1.82) is 0 Å². The molecule has 1 aliphatic rings. The van der Waals surface area contributed by atoms with Crippen LogP contribution in [0.3, 0.4) is 0 Å².